The summed E-state index contributed by atoms with van der Waals surface area (Å²) in [6.07, 6.45) is 18.1. The summed E-state index contributed by atoms with van der Waals surface area (Å²) in [6.45, 7) is 12.1. The van der Waals surface area contributed by atoms with E-state index in [2.05, 4.69) is 33.6 Å². The monoisotopic (exact) mass is 336 g/mol. The molecule has 3 heteroatoms. The summed E-state index contributed by atoms with van der Waals surface area (Å²) in [5, 5.41) is 0. The van der Waals surface area contributed by atoms with Gasteiger partial charge in [-0.15, -0.1) is 23.8 Å². The molecule has 0 aromatic carbocycles. The Hall–Kier alpha value is 1.29. The molecule has 0 aliphatic heterocycles. The van der Waals surface area contributed by atoms with Crippen LogP contribution in [-0.4, -0.2) is 57.5 Å². The van der Waals surface area contributed by atoms with E-state index in [1.54, 1.807) is 18.5 Å². The summed E-state index contributed by atoms with van der Waals surface area (Å²) in [5.74, 6) is 0. The Morgan fingerprint density at radius 1 is 0.500 bits per heavy atom. The summed E-state index contributed by atoms with van der Waals surface area (Å²) in [7, 11) is 1.05. The van der Waals surface area contributed by atoms with Crippen LogP contribution >= 0.6 is 23.8 Å². The molecule has 0 bridgehead atoms. The molecular weight excluding hydrogens is 297 g/mol. The molecule has 0 nitrogen and oxygen atoms in total. The van der Waals surface area contributed by atoms with E-state index in [1.807, 2.05) is 0 Å². The van der Waals surface area contributed by atoms with E-state index in [1.165, 1.54) is 57.3 Å². The summed E-state index contributed by atoms with van der Waals surface area (Å²) >= 11 is 0. The zero-order valence-corrected chi connectivity index (χ0v) is 17.5. The van der Waals surface area contributed by atoms with Gasteiger partial charge in [-0.3, -0.25) is 0 Å². The third kappa shape index (κ3) is 15.7. The van der Waals surface area contributed by atoms with Crippen molar-refractivity contribution >= 4 is 23.8 Å². The van der Waals surface area contributed by atoms with Crippen LogP contribution in [0.5, 0.6) is 0 Å². The van der Waals surface area contributed by atoms with Crippen LogP contribution in [0.2, 0.25) is 0 Å². The second-order valence-electron chi connectivity index (χ2n) is 6.57. The van der Waals surface area contributed by atoms with Gasteiger partial charge in [-0.1, -0.05) is 39.0 Å². The van der Waals surface area contributed by atoms with Crippen LogP contribution in [0.25, 0.3) is 0 Å². The highest BCUT2D eigenvalue weighted by molar-refractivity contribution is 7.61. The molecule has 0 spiro atoms. The normalized spacial score (nSPS) is 13.3. The minimum absolute atomic E-state index is 0.333. The molecule has 0 radical (unpaired) electrons. The van der Waals surface area contributed by atoms with E-state index >= 15 is 0 Å². The summed E-state index contributed by atoms with van der Waals surface area (Å²) in [5.41, 5.74) is 0. The average molecular weight is 336 g/mol. The van der Waals surface area contributed by atoms with Gasteiger partial charge < -0.3 is 0 Å². The molecule has 0 heterocycles. The van der Waals surface area contributed by atoms with Gasteiger partial charge >= 0.3 is 0 Å². The maximum atomic E-state index is 2.45. The lowest BCUT2D eigenvalue weighted by molar-refractivity contribution is 0.626. The van der Waals surface area contributed by atoms with Gasteiger partial charge in [0.2, 0.25) is 0 Å². The smallest absolute Gasteiger partial charge is 0.0287 e. The molecule has 0 N–H and O–H groups in total. The Morgan fingerprint density at radius 2 is 1.05 bits per heavy atom. The largest absolute Gasteiger partial charge is 0.113 e. The van der Waals surface area contributed by atoms with E-state index in [0.29, 0.717) is 23.8 Å². The summed E-state index contributed by atoms with van der Waals surface area (Å²) in [6, 6.07) is 0. The Labute approximate surface area is 133 Å². The molecule has 0 saturated heterocycles. The molecule has 20 heavy (non-hydrogen) atoms. The van der Waals surface area contributed by atoms with E-state index in [9.17, 15) is 0 Å². The highest BCUT2D eigenvalue weighted by Crippen LogP contribution is 2.42. The molecule has 0 aliphatic rings. The van der Waals surface area contributed by atoms with Crippen molar-refractivity contribution in [1.29, 1.82) is 0 Å². The standard InChI is InChI=1S/C17H39P3/c1-6-7-8-9-10-11-14-20(17-16-19(4)5)15-12-13-18(2)3/h6-17H2,1-5H3. The fraction of sp³-hybridized carbons (Fsp3) is 1.00. The maximum Gasteiger partial charge on any atom is -0.0287 e. The first kappa shape index (κ1) is 21.3. The van der Waals surface area contributed by atoms with Crippen molar-refractivity contribution in [2.24, 2.45) is 0 Å². The summed E-state index contributed by atoms with van der Waals surface area (Å²) < 4.78 is 0. The van der Waals surface area contributed by atoms with E-state index in [0.717, 1.165) is 0 Å². The van der Waals surface area contributed by atoms with Crippen LogP contribution in [-0.2, 0) is 0 Å². The molecule has 0 aliphatic carbocycles. The first-order chi connectivity index (χ1) is 9.56. The number of hydrogen-bond acceptors (Lipinski definition) is 0. The lowest BCUT2D eigenvalue weighted by Crippen LogP contribution is -2.00. The Bertz CT molecular complexity index is 193. The zero-order chi connectivity index (χ0) is 15.2. The second kappa shape index (κ2) is 15.2. The van der Waals surface area contributed by atoms with Crippen molar-refractivity contribution in [3.05, 3.63) is 0 Å². The molecule has 0 rings (SSSR count). The molecule has 0 saturated carbocycles. The van der Waals surface area contributed by atoms with Crippen LogP contribution < -0.4 is 0 Å². The molecular formula is C17H39P3. The molecule has 0 amide bonds. The van der Waals surface area contributed by atoms with Crippen molar-refractivity contribution in [2.75, 3.05) is 57.5 Å². The van der Waals surface area contributed by atoms with Gasteiger partial charge in [0.15, 0.2) is 0 Å². The lowest BCUT2D eigenvalue weighted by atomic mass is 10.1. The molecule has 0 aromatic rings. The van der Waals surface area contributed by atoms with Crippen LogP contribution in [0.3, 0.4) is 0 Å². The predicted octanol–water partition coefficient (Wildman–Crippen LogP) is 6.70. The lowest BCUT2D eigenvalue weighted by Gasteiger charge is -2.19. The van der Waals surface area contributed by atoms with Crippen molar-refractivity contribution in [3.63, 3.8) is 0 Å². The highest BCUT2D eigenvalue weighted by Gasteiger charge is 2.09. The van der Waals surface area contributed by atoms with Gasteiger partial charge in [0.05, 0.1) is 0 Å². The third-order valence-corrected chi connectivity index (χ3v) is 9.21. The number of hydrogen-bond donors (Lipinski definition) is 0. The Morgan fingerprint density at radius 3 is 1.65 bits per heavy atom. The SMILES string of the molecule is CCCCCCCCP(CCCP(C)C)CCP(C)C. The number of unbranched alkanes of at least 4 members (excludes halogenated alkanes) is 5. The quantitative estimate of drug-likeness (QED) is 0.244. The van der Waals surface area contributed by atoms with Gasteiger partial charge in [0.25, 0.3) is 0 Å². The van der Waals surface area contributed by atoms with Crippen molar-refractivity contribution in [1.82, 2.24) is 0 Å². The van der Waals surface area contributed by atoms with Gasteiger partial charge in [0.1, 0.15) is 0 Å². The minimum atomic E-state index is 0.333. The van der Waals surface area contributed by atoms with Crippen LogP contribution in [0.1, 0.15) is 51.9 Å². The van der Waals surface area contributed by atoms with E-state index in [4.69, 9.17) is 0 Å². The minimum Gasteiger partial charge on any atom is -0.113 e. The van der Waals surface area contributed by atoms with Crippen molar-refractivity contribution < 1.29 is 0 Å². The number of rotatable bonds is 14. The van der Waals surface area contributed by atoms with Gasteiger partial charge in [-0.05, 0) is 70.3 Å². The first-order valence-electron chi connectivity index (χ1n) is 8.58. The van der Waals surface area contributed by atoms with Crippen molar-refractivity contribution in [2.45, 2.75) is 51.9 Å². The molecule has 122 valence electrons. The van der Waals surface area contributed by atoms with E-state index in [-0.39, 0.29) is 0 Å². The molecule has 0 fully saturated rings. The summed E-state index contributed by atoms with van der Waals surface area (Å²) in [4.78, 5) is 0. The fourth-order valence-electron chi connectivity index (χ4n) is 2.40. The molecule has 1 unspecified atom stereocenters. The zero-order valence-electron chi connectivity index (χ0n) is 14.8. The van der Waals surface area contributed by atoms with Crippen LogP contribution in [0.4, 0.5) is 0 Å². The highest BCUT2D eigenvalue weighted by atomic mass is 31.1. The van der Waals surface area contributed by atoms with Gasteiger partial charge in [0, 0.05) is 0 Å². The van der Waals surface area contributed by atoms with Crippen LogP contribution in [0.15, 0.2) is 0 Å². The predicted molar refractivity (Wildman–Crippen MR) is 107 cm³/mol. The average Bonchev–Trinajstić information content (AvgIpc) is 2.38. The maximum absolute atomic E-state index is 2.45. The van der Waals surface area contributed by atoms with Crippen molar-refractivity contribution in [3.8, 4) is 0 Å². The van der Waals surface area contributed by atoms with E-state index < -0.39 is 0 Å². The molecule has 0 aromatic heterocycles. The van der Waals surface area contributed by atoms with Crippen LogP contribution in [0, 0.1) is 0 Å². The second-order valence-corrected chi connectivity index (χ2v) is 14.5. The Balaban J connectivity index is 3.74. The molecule has 1 atom stereocenters. The topological polar surface area (TPSA) is 0 Å². The fourth-order valence-corrected chi connectivity index (χ4v) is 8.12. The van der Waals surface area contributed by atoms with Gasteiger partial charge in [-0.25, -0.2) is 0 Å². The Kier molecular flexibility index (Phi) is 16.2. The van der Waals surface area contributed by atoms with Gasteiger partial charge in [-0.2, -0.15) is 0 Å². The third-order valence-electron chi connectivity index (χ3n) is 3.77. The first-order valence-corrected chi connectivity index (χ1v) is 15.3.